The van der Waals surface area contributed by atoms with Crippen molar-refractivity contribution in [2.24, 2.45) is 18.9 Å². The fraction of sp³-hybridized carbons (Fsp3) is 0.789. The number of fused-ring (bicyclic) bond motifs is 5. The van der Waals surface area contributed by atoms with Crippen LogP contribution in [0.15, 0.2) is 0 Å². The Hall–Kier alpha value is -1.45. The number of carbonyl (C=O) groups excluding carboxylic acids is 1. The summed E-state index contributed by atoms with van der Waals surface area (Å²) in [7, 11) is 1.72. The lowest BCUT2D eigenvalue weighted by Crippen LogP contribution is -2.43. The molecule has 3 saturated heterocycles. The molecule has 2 bridgehead atoms. The fourth-order valence-corrected chi connectivity index (χ4v) is 6.85. The van der Waals surface area contributed by atoms with E-state index in [1.165, 1.54) is 9.87 Å². The van der Waals surface area contributed by atoms with Crippen LogP contribution in [-0.4, -0.2) is 76.9 Å². The van der Waals surface area contributed by atoms with E-state index in [0.717, 1.165) is 30.7 Å². The second-order valence-electron chi connectivity index (χ2n) is 8.72. The molecule has 0 N–H and O–H groups in total. The van der Waals surface area contributed by atoms with Gasteiger partial charge in [0, 0.05) is 58.4 Å². The molecule has 1 aromatic heterocycles. The van der Waals surface area contributed by atoms with E-state index in [1.807, 2.05) is 25.6 Å². The Labute approximate surface area is 167 Å². The van der Waals surface area contributed by atoms with Crippen molar-refractivity contribution in [3.63, 3.8) is 0 Å². The zero-order valence-corrected chi connectivity index (χ0v) is 18.2. The Morgan fingerprint density at radius 1 is 1.14 bits per heavy atom. The summed E-state index contributed by atoms with van der Waals surface area (Å²) in [6.45, 7) is 5.12. The number of hydrogen-bond donors (Lipinski definition) is 0. The first-order valence-electron chi connectivity index (χ1n) is 10.1. The zero-order valence-electron chi connectivity index (χ0n) is 17.4. The Balaban J connectivity index is 1.44. The Morgan fingerprint density at radius 2 is 1.71 bits per heavy atom. The van der Waals surface area contributed by atoms with E-state index in [-0.39, 0.29) is 29.8 Å². The lowest BCUT2D eigenvalue weighted by molar-refractivity contribution is -0.132. The molecule has 0 aliphatic carbocycles. The number of nitrogens with zero attached hydrogens (tertiary/aromatic N) is 5. The van der Waals surface area contributed by atoms with Gasteiger partial charge in [-0.15, -0.1) is 0 Å². The van der Waals surface area contributed by atoms with Crippen molar-refractivity contribution in [2.45, 2.75) is 51.6 Å². The number of rotatable bonds is 5. The van der Waals surface area contributed by atoms with Crippen LogP contribution in [0.1, 0.15) is 36.2 Å². The number of aromatic nitrogens is 2. The molecule has 1 aromatic rings. The van der Waals surface area contributed by atoms with E-state index in [4.69, 9.17) is 0 Å². The molecular weight excluding hydrogens is 378 g/mol. The standard InChI is InChI=1S/C19H31N5O3S/c1-12-14(13(2)22(5)20-12)6-9-19(25)24-17-7-8-18(24)16-11-23(10-15(16)17)28(26,27)21(3)4/h15-18H,6-11H2,1-5H3/t15-,16+,17-,18+. The summed E-state index contributed by atoms with van der Waals surface area (Å²) < 4.78 is 29.8. The summed E-state index contributed by atoms with van der Waals surface area (Å²) >= 11 is 0. The zero-order chi connectivity index (χ0) is 20.4. The maximum absolute atomic E-state index is 13.1. The van der Waals surface area contributed by atoms with E-state index in [2.05, 4.69) is 10.00 Å². The van der Waals surface area contributed by atoms with E-state index in [1.54, 1.807) is 18.4 Å². The topological polar surface area (TPSA) is 78.8 Å². The van der Waals surface area contributed by atoms with Crippen molar-refractivity contribution >= 4 is 16.1 Å². The molecule has 3 aliphatic heterocycles. The molecule has 0 unspecified atom stereocenters. The largest absolute Gasteiger partial charge is 0.336 e. The van der Waals surface area contributed by atoms with Crippen LogP contribution in [0.2, 0.25) is 0 Å². The van der Waals surface area contributed by atoms with Gasteiger partial charge in [-0.1, -0.05) is 0 Å². The summed E-state index contributed by atoms with van der Waals surface area (Å²) in [6.07, 6.45) is 3.22. The van der Waals surface area contributed by atoms with Gasteiger partial charge in [0.05, 0.1) is 5.69 Å². The quantitative estimate of drug-likeness (QED) is 0.717. The summed E-state index contributed by atoms with van der Waals surface area (Å²) in [4.78, 5) is 15.2. The van der Waals surface area contributed by atoms with Gasteiger partial charge in [0.25, 0.3) is 10.2 Å². The first-order chi connectivity index (χ1) is 13.1. The molecule has 28 heavy (non-hydrogen) atoms. The van der Waals surface area contributed by atoms with Gasteiger partial charge in [-0.25, -0.2) is 0 Å². The third kappa shape index (κ3) is 2.90. The summed E-state index contributed by atoms with van der Waals surface area (Å²) in [5.74, 6) is 0.769. The monoisotopic (exact) mass is 409 g/mol. The Kier molecular flexibility index (Phi) is 4.83. The number of aryl methyl sites for hydroxylation is 2. The third-order valence-corrected chi connectivity index (χ3v) is 9.04. The minimum atomic E-state index is -3.37. The van der Waals surface area contributed by atoms with E-state index < -0.39 is 10.2 Å². The second-order valence-corrected chi connectivity index (χ2v) is 10.9. The molecule has 9 heteroatoms. The van der Waals surface area contributed by atoms with Crippen LogP contribution in [0.4, 0.5) is 0 Å². The maximum atomic E-state index is 13.1. The van der Waals surface area contributed by atoms with Crippen molar-refractivity contribution < 1.29 is 13.2 Å². The molecule has 0 radical (unpaired) electrons. The fourth-order valence-electron chi connectivity index (χ4n) is 5.67. The molecule has 0 spiro atoms. The van der Waals surface area contributed by atoms with Crippen LogP contribution in [0.25, 0.3) is 0 Å². The summed E-state index contributed by atoms with van der Waals surface area (Å²) in [5, 5.41) is 4.45. The SMILES string of the molecule is Cc1nn(C)c(C)c1CCC(=O)N1[C@@H]2CC[C@H]1[C@H]1CN(S(=O)(=O)N(C)C)C[C@H]12. The molecule has 3 aliphatic rings. The van der Waals surface area contributed by atoms with E-state index in [9.17, 15) is 13.2 Å². The predicted molar refractivity (Wildman–Crippen MR) is 106 cm³/mol. The number of carbonyl (C=O) groups is 1. The minimum absolute atomic E-state index is 0.195. The van der Waals surface area contributed by atoms with E-state index in [0.29, 0.717) is 19.5 Å². The highest BCUT2D eigenvalue weighted by atomic mass is 32.2. The molecule has 4 atom stereocenters. The average molecular weight is 410 g/mol. The van der Waals surface area contributed by atoms with Gasteiger partial charge >= 0.3 is 0 Å². The van der Waals surface area contributed by atoms with Crippen LogP contribution in [0.3, 0.4) is 0 Å². The molecule has 156 valence electrons. The first-order valence-corrected chi connectivity index (χ1v) is 11.5. The smallest absolute Gasteiger partial charge is 0.281 e. The Morgan fingerprint density at radius 3 is 2.18 bits per heavy atom. The highest BCUT2D eigenvalue weighted by Gasteiger charge is 2.59. The minimum Gasteiger partial charge on any atom is -0.336 e. The van der Waals surface area contributed by atoms with Crippen molar-refractivity contribution in [2.75, 3.05) is 27.2 Å². The van der Waals surface area contributed by atoms with Crippen molar-refractivity contribution in [1.29, 1.82) is 0 Å². The van der Waals surface area contributed by atoms with Gasteiger partial charge in [-0.3, -0.25) is 9.48 Å². The second kappa shape index (κ2) is 6.81. The molecule has 3 fully saturated rings. The van der Waals surface area contributed by atoms with Crippen LogP contribution < -0.4 is 0 Å². The third-order valence-electron chi connectivity index (χ3n) is 7.16. The Bertz CT molecular complexity index is 874. The maximum Gasteiger partial charge on any atom is 0.281 e. The molecular formula is C19H31N5O3S. The van der Waals surface area contributed by atoms with Gasteiger partial charge in [0.1, 0.15) is 0 Å². The van der Waals surface area contributed by atoms with Gasteiger partial charge in [0.2, 0.25) is 5.91 Å². The average Bonchev–Trinajstić information content (AvgIpc) is 3.35. The van der Waals surface area contributed by atoms with E-state index >= 15 is 0 Å². The molecule has 4 heterocycles. The van der Waals surface area contributed by atoms with Gasteiger partial charge in [-0.2, -0.15) is 22.1 Å². The molecule has 0 aromatic carbocycles. The number of amides is 1. The van der Waals surface area contributed by atoms with Gasteiger partial charge in [-0.05, 0) is 50.5 Å². The highest BCUT2D eigenvalue weighted by molar-refractivity contribution is 7.86. The summed E-state index contributed by atoms with van der Waals surface area (Å²) in [5.41, 5.74) is 3.29. The number of hydrogen-bond acceptors (Lipinski definition) is 4. The van der Waals surface area contributed by atoms with Crippen LogP contribution in [0.5, 0.6) is 0 Å². The first kappa shape index (κ1) is 19.8. The van der Waals surface area contributed by atoms with Crippen LogP contribution in [-0.2, 0) is 28.5 Å². The van der Waals surface area contributed by atoms with Gasteiger partial charge < -0.3 is 4.90 Å². The van der Waals surface area contributed by atoms with Crippen LogP contribution >= 0.6 is 0 Å². The summed E-state index contributed by atoms with van der Waals surface area (Å²) in [6, 6.07) is 0.391. The molecule has 8 nitrogen and oxygen atoms in total. The normalized spacial score (nSPS) is 29.9. The predicted octanol–water partition coefficient (Wildman–Crippen LogP) is 0.697. The lowest BCUT2D eigenvalue weighted by atomic mass is 9.82. The van der Waals surface area contributed by atoms with Crippen molar-refractivity contribution in [1.82, 2.24) is 23.3 Å². The van der Waals surface area contributed by atoms with Gasteiger partial charge in [0.15, 0.2) is 0 Å². The molecule has 1 amide bonds. The molecule has 0 saturated carbocycles. The van der Waals surface area contributed by atoms with Crippen LogP contribution in [0, 0.1) is 25.7 Å². The van der Waals surface area contributed by atoms with Crippen molar-refractivity contribution in [3.8, 4) is 0 Å². The highest BCUT2D eigenvalue weighted by Crippen LogP contribution is 2.50. The molecule has 4 rings (SSSR count). The van der Waals surface area contributed by atoms with Crippen molar-refractivity contribution in [3.05, 3.63) is 17.0 Å². The lowest BCUT2D eigenvalue weighted by Gasteiger charge is -2.28.